The van der Waals surface area contributed by atoms with Crippen molar-refractivity contribution >= 4 is 23.5 Å². The van der Waals surface area contributed by atoms with Crippen LogP contribution in [0, 0.1) is 19.3 Å². The molecule has 1 aliphatic rings. The number of hydrogen-bond acceptors (Lipinski definition) is 6. The number of likely N-dealkylation sites (tertiary alicyclic amines) is 1. The van der Waals surface area contributed by atoms with Crippen LogP contribution in [0.5, 0.6) is 0 Å². The van der Waals surface area contributed by atoms with Crippen LogP contribution in [-0.4, -0.2) is 43.8 Å². The topological polar surface area (TPSA) is 149 Å². The summed E-state index contributed by atoms with van der Waals surface area (Å²) in [6.07, 6.45) is 9.22. The van der Waals surface area contributed by atoms with Gasteiger partial charge in [0.1, 0.15) is 11.5 Å². The van der Waals surface area contributed by atoms with E-state index in [-0.39, 0.29) is 17.3 Å². The van der Waals surface area contributed by atoms with Crippen molar-refractivity contribution < 1.29 is 14.4 Å². The molecule has 1 fully saturated rings. The maximum atomic E-state index is 12.6. The molecule has 0 spiro atoms. The Balaban J connectivity index is 1.65. The van der Waals surface area contributed by atoms with Crippen LogP contribution >= 0.6 is 0 Å². The molecule has 1 saturated heterocycles. The molecule has 178 valence electrons. The van der Waals surface area contributed by atoms with Gasteiger partial charge in [-0.2, -0.15) is 0 Å². The fourth-order valence-electron chi connectivity index (χ4n) is 4.22. The first-order chi connectivity index (χ1) is 16.8. The van der Waals surface area contributed by atoms with Crippen LogP contribution in [-0.2, 0) is 4.79 Å². The minimum absolute atomic E-state index is 0.000146. The predicted octanol–water partition coefficient (Wildman–Crippen LogP) is 2.01. The number of nitrogens with two attached hydrogens (primary N) is 2. The molecule has 3 heterocycles. The summed E-state index contributed by atoms with van der Waals surface area (Å²) in [5, 5.41) is 2.75. The molecule has 1 aliphatic heterocycles. The van der Waals surface area contributed by atoms with Gasteiger partial charge in [0.15, 0.2) is 11.5 Å². The number of piperidine rings is 1. The molecule has 0 radical (unpaired) electrons. The van der Waals surface area contributed by atoms with Crippen molar-refractivity contribution in [3.05, 3.63) is 65.2 Å². The minimum Gasteiger partial charge on any atom is -0.364 e. The number of terminal acetylenes is 1. The lowest BCUT2D eigenvalue weighted by molar-refractivity contribution is -0.129. The third-order valence-corrected chi connectivity index (χ3v) is 5.93. The maximum absolute atomic E-state index is 12.6. The third kappa shape index (κ3) is 4.70. The van der Waals surface area contributed by atoms with Gasteiger partial charge in [-0.15, -0.1) is 6.42 Å². The van der Waals surface area contributed by atoms with Gasteiger partial charge in [0, 0.05) is 23.9 Å². The fourth-order valence-corrected chi connectivity index (χ4v) is 4.22. The van der Waals surface area contributed by atoms with E-state index in [0.29, 0.717) is 35.7 Å². The van der Waals surface area contributed by atoms with Crippen LogP contribution in [0.15, 0.2) is 42.6 Å². The normalized spacial score (nSPS) is 15.3. The van der Waals surface area contributed by atoms with Gasteiger partial charge < -0.3 is 21.8 Å². The van der Waals surface area contributed by atoms with E-state index in [9.17, 15) is 14.4 Å². The second-order valence-corrected chi connectivity index (χ2v) is 8.31. The quantitative estimate of drug-likeness (QED) is 0.383. The zero-order valence-electron chi connectivity index (χ0n) is 19.2. The van der Waals surface area contributed by atoms with Crippen LogP contribution in [0.1, 0.15) is 57.5 Å². The van der Waals surface area contributed by atoms with Gasteiger partial charge in [-0.3, -0.25) is 14.4 Å². The highest BCUT2D eigenvalue weighted by atomic mass is 16.2. The third-order valence-electron chi connectivity index (χ3n) is 5.93. The van der Waals surface area contributed by atoms with Gasteiger partial charge in [0.05, 0.1) is 6.04 Å². The maximum Gasteiger partial charge on any atom is 0.298 e. The molecule has 35 heavy (non-hydrogen) atoms. The molecule has 2 aromatic heterocycles. The summed E-state index contributed by atoms with van der Waals surface area (Å²) in [5.41, 5.74) is 7.80. The number of aryl methyl sites for hydroxylation is 1. The van der Waals surface area contributed by atoms with Crippen molar-refractivity contribution in [1.82, 2.24) is 19.5 Å². The number of imidazole rings is 1. The number of amides is 3. The largest absolute Gasteiger partial charge is 0.364 e. The Morgan fingerprint density at radius 2 is 1.91 bits per heavy atom. The number of nitrogens with one attached hydrogen (secondary N) is 1. The molecule has 0 saturated carbocycles. The van der Waals surface area contributed by atoms with Crippen LogP contribution in [0.3, 0.4) is 0 Å². The van der Waals surface area contributed by atoms with Crippen LogP contribution in [0.25, 0.3) is 11.3 Å². The molecule has 0 unspecified atom stereocenters. The summed E-state index contributed by atoms with van der Waals surface area (Å²) in [6, 6.07) is 9.65. The molecule has 3 amide bonds. The van der Waals surface area contributed by atoms with Gasteiger partial charge in [0.25, 0.3) is 17.7 Å². The van der Waals surface area contributed by atoms with Gasteiger partial charge in [-0.1, -0.05) is 12.1 Å². The summed E-state index contributed by atoms with van der Waals surface area (Å²) in [4.78, 5) is 47.5. The Morgan fingerprint density at radius 1 is 1.17 bits per heavy atom. The Kier molecular flexibility index (Phi) is 6.51. The number of primary amides is 1. The Labute approximate surface area is 202 Å². The van der Waals surface area contributed by atoms with Gasteiger partial charge in [-0.05, 0) is 61.9 Å². The zero-order valence-corrected chi connectivity index (χ0v) is 19.2. The van der Waals surface area contributed by atoms with E-state index in [1.54, 1.807) is 36.5 Å². The van der Waals surface area contributed by atoms with Crippen LogP contribution in [0.4, 0.5) is 5.82 Å². The van der Waals surface area contributed by atoms with E-state index in [1.807, 2.05) is 13.0 Å². The number of aromatic nitrogens is 3. The lowest BCUT2D eigenvalue weighted by Gasteiger charge is -2.33. The van der Waals surface area contributed by atoms with Gasteiger partial charge in [-0.25, -0.2) is 14.6 Å². The summed E-state index contributed by atoms with van der Waals surface area (Å²) in [7, 11) is 0. The first kappa shape index (κ1) is 23.5. The first-order valence-corrected chi connectivity index (χ1v) is 11.1. The molecule has 4 rings (SSSR count). The van der Waals surface area contributed by atoms with Gasteiger partial charge >= 0.3 is 0 Å². The van der Waals surface area contributed by atoms with E-state index in [2.05, 4.69) is 21.2 Å². The molecule has 0 aliphatic carbocycles. The second-order valence-electron chi connectivity index (χ2n) is 8.31. The number of carbonyl (C=O) groups excluding carboxylic acids is 3. The molecule has 10 nitrogen and oxygen atoms in total. The number of nitrogen functional groups attached to an aromatic ring is 1. The molecule has 3 aromatic rings. The summed E-state index contributed by atoms with van der Waals surface area (Å²) in [6.45, 7) is 2.38. The van der Waals surface area contributed by atoms with E-state index >= 15 is 0 Å². The van der Waals surface area contributed by atoms with Crippen LogP contribution < -0.4 is 16.9 Å². The molecule has 5 N–H and O–H groups in total. The number of anilines is 1. The predicted molar refractivity (Wildman–Crippen MR) is 130 cm³/mol. The number of pyridine rings is 1. The van der Waals surface area contributed by atoms with Crippen molar-refractivity contribution in [3.63, 3.8) is 0 Å². The highest BCUT2D eigenvalue weighted by Gasteiger charge is 2.33. The highest BCUT2D eigenvalue weighted by Crippen LogP contribution is 2.33. The SMILES string of the molecule is C#CC(=O)N1CCCC[C@H]1c1nc(-c2ccc(C(=O)Nc3cc(C)ccn3)cc2)c(C(N)=O)n1N. The van der Waals surface area contributed by atoms with E-state index in [4.69, 9.17) is 18.0 Å². The molecule has 10 heteroatoms. The van der Waals surface area contributed by atoms with E-state index in [0.717, 1.165) is 23.1 Å². The molecule has 1 atom stereocenters. The number of benzene rings is 1. The number of rotatable bonds is 5. The zero-order chi connectivity index (χ0) is 25.1. The Morgan fingerprint density at radius 3 is 2.57 bits per heavy atom. The second kappa shape index (κ2) is 9.69. The lowest BCUT2D eigenvalue weighted by Crippen LogP contribution is -2.40. The number of carbonyl (C=O) groups is 3. The number of nitrogens with zero attached hydrogens (tertiary/aromatic N) is 4. The summed E-state index contributed by atoms with van der Waals surface area (Å²) in [5.74, 6) is 7.60. The van der Waals surface area contributed by atoms with E-state index < -0.39 is 17.9 Å². The Bertz CT molecular complexity index is 1340. The average molecular weight is 472 g/mol. The Hall–Kier alpha value is -4.65. The summed E-state index contributed by atoms with van der Waals surface area (Å²) >= 11 is 0. The monoisotopic (exact) mass is 471 g/mol. The standard InChI is InChI=1S/C25H25N7O3/c1-3-20(33)31-13-5-4-6-18(31)24-30-21(22(23(26)34)32(24)27)16-7-9-17(10-8-16)25(35)29-19-14-15(2)11-12-28-19/h1,7-12,14,18H,4-6,13,27H2,2H3,(H2,26,34)(H,28,29,35)/t18-/m0/s1. The molecular formula is C25H25N7O3. The molecule has 1 aromatic carbocycles. The minimum atomic E-state index is -0.765. The summed E-state index contributed by atoms with van der Waals surface area (Å²) < 4.78 is 1.13. The molecule has 0 bridgehead atoms. The van der Waals surface area contributed by atoms with Crippen molar-refractivity contribution in [2.75, 3.05) is 17.7 Å². The van der Waals surface area contributed by atoms with E-state index in [1.165, 1.54) is 4.90 Å². The van der Waals surface area contributed by atoms with Crippen molar-refractivity contribution in [2.24, 2.45) is 5.73 Å². The van der Waals surface area contributed by atoms with Crippen molar-refractivity contribution in [3.8, 4) is 23.6 Å². The fraction of sp³-hybridized carbons (Fsp3) is 0.240. The highest BCUT2D eigenvalue weighted by molar-refractivity contribution is 6.04. The lowest BCUT2D eigenvalue weighted by atomic mass is 10.0. The van der Waals surface area contributed by atoms with Crippen molar-refractivity contribution in [2.45, 2.75) is 32.2 Å². The van der Waals surface area contributed by atoms with Crippen LogP contribution in [0.2, 0.25) is 0 Å². The molecular weight excluding hydrogens is 446 g/mol. The first-order valence-electron chi connectivity index (χ1n) is 11.1. The van der Waals surface area contributed by atoms with Crippen molar-refractivity contribution in [1.29, 1.82) is 0 Å². The number of hydrogen-bond donors (Lipinski definition) is 3. The smallest absolute Gasteiger partial charge is 0.298 e. The average Bonchev–Trinajstić information content (AvgIpc) is 3.20. The van der Waals surface area contributed by atoms with Gasteiger partial charge in [0.2, 0.25) is 0 Å².